The smallest absolute Gasteiger partial charge is 0.291 e. The van der Waals surface area contributed by atoms with Crippen LogP contribution in [0.1, 0.15) is 10.6 Å². The molecule has 0 bridgehead atoms. The molecule has 4 aromatic heterocycles. The first kappa shape index (κ1) is 18.8. The number of nitrogen functional groups attached to an aromatic ring is 1. The number of fused-ring (bicyclic) bond motifs is 1. The number of aromatic amines is 1. The van der Waals surface area contributed by atoms with Crippen molar-refractivity contribution >= 4 is 40.2 Å². The van der Waals surface area contributed by atoms with Gasteiger partial charge in [-0.1, -0.05) is 11.6 Å². The van der Waals surface area contributed by atoms with Crippen LogP contribution in [0, 0.1) is 0 Å². The molecule has 0 fully saturated rings. The van der Waals surface area contributed by atoms with Gasteiger partial charge in [-0.3, -0.25) is 4.79 Å². The highest BCUT2D eigenvalue weighted by Crippen LogP contribution is 2.31. The third-order valence-corrected chi connectivity index (χ3v) is 5.01. The van der Waals surface area contributed by atoms with Crippen LogP contribution in [0.5, 0.6) is 0 Å². The Labute approximate surface area is 181 Å². The molecule has 5 aromatic rings. The number of aromatic nitrogens is 4. The Morgan fingerprint density at radius 2 is 1.94 bits per heavy atom. The van der Waals surface area contributed by atoms with E-state index in [4.69, 9.17) is 21.8 Å². The first-order valence-electron chi connectivity index (χ1n) is 9.29. The Balaban J connectivity index is 1.48. The SMILES string of the molecule is Nc1ccc(-c2cnc3nc(-c4cc(NC(=O)c5ccco5)ccc4Cl)[nH]c3c2)cn1. The van der Waals surface area contributed by atoms with Crippen molar-refractivity contribution in [1.29, 1.82) is 0 Å². The van der Waals surface area contributed by atoms with Gasteiger partial charge in [-0.2, -0.15) is 0 Å². The molecular formula is C22H15ClN6O2. The summed E-state index contributed by atoms with van der Waals surface area (Å²) in [7, 11) is 0. The molecule has 0 aliphatic rings. The Morgan fingerprint density at radius 3 is 2.71 bits per heavy atom. The van der Waals surface area contributed by atoms with Gasteiger partial charge in [0.15, 0.2) is 11.4 Å². The van der Waals surface area contributed by atoms with E-state index >= 15 is 0 Å². The molecule has 8 nitrogen and oxygen atoms in total. The van der Waals surface area contributed by atoms with E-state index in [1.807, 2.05) is 12.1 Å². The molecule has 5 rings (SSSR count). The zero-order chi connectivity index (χ0) is 21.4. The molecule has 1 aromatic carbocycles. The molecule has 31 heavy (non-hydrogen) atoms. The summed E-state index contributed by atoms with van der Waals surface area (Å²) < 4.78 is 5.12. The van der Waals surface area contributed by atoms with Crippen molar-refractivity contribution in [2.45, 2.75) is 0 Å². The van der Waals surface area contributed by atoms with Crippen LogP contribution in [-0.4, -0.2) is 25.8 Å². The van der Waals surface area contributed by atoms with E-state index in [9.17, 15) is 4.79 Å². The monoisotopic (exact) mass is 430 g/mol. The average Bonchev–Trinajstić information content (AvgIpc) is 3.45. The number of halogens is 1. The van der Waals surface area contributed by atoms with Crippen LogP contribution in [0.4, 0.5) is 11.5 Å². The molecule has 0 unspecified atom stereocenters. The summed E-state index contributed by atoms with van der Waals surface area (Å²) in [5, 5.41) is 3.27. The topological polar surface area (TPSA) is 123 Å². The summed E-state index contributed by atoms with van der Waals surface area (Å²) in [6.45, 7) is 0. The molecule has 0 aliphatic heterocycles. The molecule has 9 heteroatoms. The maximum atomic E-state index is 12.3. The minimum absolute atomic E-state index is 0.217. The minimum atomic E-state index is -0.355. The highest BCUT2D eigenvalue weighted by molar-refractivity contribution is 6.33. The van der Waals surface area contributed by atoms with Gasteiger partial charge >= 0.3 is 0 Å². The fraction of sp³-hybridized carbons (Fsp3) is 0. The zero-order valence-corrected chi connectivity index (χ0v) is 16.7. The fourth-order valence-corrected chi connectivity index (χ4v) is 3.35. The number of nitrogens with zero attached hydrogens (tertiary/aromatic N) is 3. The number of pyridine rings is 2. The van der Waals surface area contributed by atoms with Crippen molar-refractivity contribution in [3.05, 3.63) is 78.0 Å². The molecule has 0 saturated heterocycles. The van der Waals surface area contributed by atoms with Gasteiger partial charge in [0.2, 0.25) is 0 Å². The summed E-state index contributed by atoms with van der Waals surface area (Å²) >= 11 is 6.40. The van der Waals surface area contributed by atoms with E-state index in [-0.39, 0.29) is 11.7 Å². The van der Waals surface area contributed by atoms with Gasteiger partial charge in [0.05, 0.1) is 16.8 Å². The number of nitrogens with two attached hydrogens (primary N) is 1. The Hall–Kier alpha value is -4.17. The van der Waals surface area contributed by atoms with E-state index in [0.29, 0.717) is 33.6 Å². The second-order valence-corrected chi connectivity index (χ2v) is 7.19. The predicted octanol–water partition coefficient (Wildman–Crippen LogP) is 4.77. The summed E-state index contributed by atoms with van der Waals surface area (Å²) in [6, 6.07) is 13.9. The molecule has 0 atom stereocenters. The molecule has 0 aliphatic carbocycles. The quantitative estimate of drug-likeness (QED) is 0.377. The van der Waals surface area contributed by atoms with Crippen molar-refractivity contribution in [3.8, 4) is 22.5 Å². The number of rotatable bonds is 4. The molecule has 4 heterocycles. The van der Waals surface area contributed by atoms with E-state index in [1.54, 1.807) is 48.8 Å². The lowest BCUT2D eigenvalue weighted by Crippen LogP contribution is -2.10. The van der Waals surface area contributed by atoms with Gasteiger partial charge in [0.1, 0.15) is 11.6 Å². The Kier molecular flexibility index (Phi) is 4.61. The van der Waals surface area contributed by atoms with Gasteiger partial charge in [-0.15, -0.1) is 0 Å². The number of imidazole rings is 1. The first-order chi connectivity index (χ1) is 15.1. The van der Waals surface area contributed by atoms with Crippen LogP contribution in [0.2, 0.25) is 5.02 Å². The van der Waals surface area contributed by atoms with Gasteiger partial charge in [-0.25, -0.2) is 15.0 Å². The van der Waals surface area contributed by atoms with Crippen molar-refractivity contribution < 1.29 is 9.21 Å². The lowest BCUT2D eigenvalue weighted by atomic mass is 10.1. The number of hydrogen-bond donors (Lipinski definition) is 3. The van der Waals surface area contributed by atoms with E-state index in [2.05, 4.69) is 25.3 Å². The number of carbonyl (C=O) groups is 1. The molecular weight excluding hydrogens is 416 g/mol. The van der Waals surface area contributed by atoms with E-state index < -0.39 is 0 Å². The fourth-order valence-electron chi connectivity index (χ4n) is 3.15. The van der Waals surface area contributed by atoms with E-state index in [1.165, 1.54) is 6.26 Å². The summed E-state index contributed by atoms with van der Waals surface area (Å²) in [4.78, 5) is 28.6. The summed E-state index contributed by atoms with van der Waals surface area (Å²) in [5.74, 6) is 0.852. The number of furan rings is 1. The Morgan fingerprint density at radius 1 is 1.06 bits per heavy atom. The Bertz CT molecular complexity index is 1390. The van der Waals surface area contributed by atoms with Gasteiger partial charge in [-0.05, 0) is 48.5 Å². The number of carbonyl (C=O) groups excluding carboxylic acids is 1. The van der Waals surface area contributed by atoms with Crippen LogP contribution in [-0.2, 0) is 0 Å². The number of amides is 1. The number of benzene rings is 1. The molecule has 0 spiro atoms. The number of nitrogens with one attached hydrogen (secondary N) is 2. The van der Waals surface area contributed by atoms with Crippen molar-refractivity contribution in [2.75, 3.05) is 11.1 Å². The number of anilines is 2. The molecule has 4 N–H and O–H groups in total. The molecule has 152 valence electrons. The lowest BCUT2D eigenvalue weighted by molar-refractivity contribution is 0.0996. The maximum Gasteiger partial charge on any atom is 0.291 e. The normalized spacial score (nSPS) is 11.0. The standard InChI is InChI=1S/C22H15ClN6O2/c23-16-5-4-14(27-22(30)18-2-1-7-31-18)9-15(16)20-28-17-8-13(11-26-21(17)29-20)12-3-6-19(24)25-10-12/h1-11H,(H2,24,25)(H,27,30)(H,26,28,29). The molecule has 0 saturated carbocycles. The van der Waals surface area contributed by atoms with E-state index in [0.717, 1.165) is 16.6 Å². The summed E-state index contributed by atoms with van der Waals surface area (Å²) in [5.41, 5.74) is 9.90. The largest absolute Gasteiger partial charge is 0.459 e. The van der Waals surface area contributed by atoms with Crippen molar-refractivity contribution in [2.24, 2.45) is 0 Å². The molecule has 1 amide bonds. The predicted molar refractivity (Wildman–Crippen MR) is 119 cm³/mol. The van der Waals surface area contributed by atoms with Crippen molar-refractivity contribution in [3.63, 3.8) is 0 Å². The van der Waals surface area contributed by atoms with Gasteiger partial charge < -0.3 is 20.5 Å². The number of H-pyrrole nitrogens is 1. The third kappa shape index (κ3) is 3.72. The highest BCUT2D eigenvalue weighted by atomic mass is 35.5. The average molecular weight is 431 g/mol. The molecule has 0 radical (unpaired) electrons. The minimum Gasteiger partial charge on any atom is -0.459 e. The highest BCUT2D eigenvalue weighted by Gasteiger charge is 2.14. The number of hydrogen-bond acceptors (Lipinski definition) is 6. The van der Waals surface area contributed by atoms with Crippen LogP contribution >= 0.6 is 11.6 Å². The van der Waals surface area contributed by atoms with Gasteiger partial charge in [0.25, 0.3) is 5.91 Å². The van der Waals surface area contributed by atoms with Crippen LogP contribution in [0.15, 0.2) is 71.6 Å². The zero-order valence-electron chi connectivity index (χ0n) is 16.0. The second-order valence-electron chi connectivity index (χ2n) is 6.78. The second kappa shape index (κ2) is 7.58. The maximum absolute atomic E-state index is 12.3. The van der Waals surface area contributed by atoms with Crippen LogP contribution < -0.4 is 11.1 Å². The first-order valence-corrected chi connectivity index (χ1v) is 9.67. The van der Waals surface area contributed by atoms with Crippen LogP contribution in [0.3, 0.4) is 0 Å². The lowest BCUT2D eigenvalue weighted by Gasteiger charge is -2.07. The third-order valence-electron chi connectivity index (χ3n) is 4.68. The summed E-state index contributed by atoms with van der Waals surface area (Å²) in [6.07, 6.45) is 4.86. The van der Waals surface area contributed by atoms with Crippen LogP contribution in [0.25, 0.3) is 33.7 Å². The van der Waals surface area contributed by atoms with Gasteiger partial charge in [0, 0.05) is 34.8 Å². The van der Waals surface area contributed by atoms with Crippen molar-refractivity contribution in [1.82, 2.24) is 19.9 Å².